The molecule has 1 atom stereocenters. The maximum atomic E-state index is 12.5. The van der Waals surface area contributed by atoms with Crippen LogP contribution in [0.5, 0.6) is 5.88 Å². The summed E-state index contributed by atoms with van der Waals surface area (Å²) < 4.78 is 5.17. The monoisotopic (exact) mass is 311 g/mol. The van der Waals surface area contributed by atoms with Crippen LogP contribution in [0.25, 0.3) is 0 Å². The van der Waals surface area contributed by atoms with Gasteiger partial charge in [0, 0.05) is 30.4 Å². The molecule has 0 spiro atoms. The largest absolute Gasteiger partial charge is 0.481 e. The molecule has 1 aromatic carbocycles. The Morgan fingerprint density at radius 1 is 1.35 bits per heavy atom. The van der Waals surface area contributed by atoms with Crippen LogP contribution in [0.2, 0.25) is 0 Å². The van der Waals surface area contributed by atoms with E-state index in [2.05, 4.69) is 15.6 Å². The molecule has 0 saturated carbocycles. The van der Waals surface area contributed by atoms with Crippen molar-refractivity contribution in [3.05, 3.63) is 53.7 Å². The first-order valence-corrected chi connectivity index (χ1v) is 7.33. The number of amides is 2. The first-order chi connectivity index (χ1) is 11.2. The molecular formula is C17H17N3O3. The van der Waals surface area contributed by atoms with Crippen LogP contribution < -0.4 is 15.4 Å². The Labute approximate surface area is 133 Å². The first-order valence-electron chi connectivity index (χ1n) is 7.33. The maximum Gasteiger partial charge on any atom is 0.228 e. The lowest BCUT2D eigenvalue weighted by atomic mass is 9.90. The van der Waals surface area contributed by atoms with Crippen molar-refractivity contribution < 1.29 is 14.3 Å². The summed E-state index contributed by atoms with van der Waals surface area (Å²) in [4.78, 5) is 28.4. The topological polar surface area (TPSA) is 80.3 Å². The SMILES string of the molecule is COc1ncccc1CNC(=O)C1CC(=O)Nc2ccccc21. The molecule has 3 rings (SSSR count). The number of nitrogens with zero attached hydrogens (tertiary/aromatic N) is 1. The number of carbonyl (C=O) groups is 2. The third-order valence-corrected chi connectivity index (χ3v) is 3.81. The predicted octanol–water partition coefficient (Wildman–Crippen LogP) is 1.83. The normalized spacial score (nSPS) is 16.2. The van der Waals surface area contributed by atoms with Gasteiger partial charge in [-0.25, -0.2) is 4.98 Å². The molecule has 2 heterocycles. The van der Waals surface area contributed by atoms with Crippen LogP contribution in [-0.2, 0) is 16.1 Å². The summed E-state index contributed by atoms with van der Waals surface area (Å²) in [7, 11) is 1.54. The van der Waals surface area contributed by atoms with Crippen LogP contribution in [0.1, 0.15) is 23.5 Å². The highest BCUT2D eigenvalue weighted by molar-refractivity contribution is 6.01. The van der Waals surface area contributed by atoms with Gasteiger partial charge in [0.15, 0.2) is 0 Å². The van der Waals surface area contributed by atoms with Crippen molar-refractivity contribution in [2.24, 2.45) is 0 Å². The van der Waals surface area contributed by atoms with E-state index < -0.39 is 5.92 Å². The van der Waals surface area contributed by atoms with E-state index in [4.69, 9.17) is 4.74 Å². The smallest absolute Gasteiger partial charge is 0.228 e. The van der Waals surface area contributed by atoms with Gasteiger partial charge < -0.3 is 15.4 Å². The maximum absolute atomic E-state index is 12.5. The third-order valence-electron chi connectivity index (χ3n) is 3.81. The molecule has 1 aliphatic rings. The molecule has 6 nitrogen and oxygen atoms in total. The number of nitrogens with one attached hydrogen (secondary N) is 2. The number of fused-ring (bicyclic) bond motifs is 1. The Morgan fingerprint density at radius 2 is 2.17 bits per heavy atom. The minimum absolute atomic E-state index is 0.146. The number of pyridine rings is 1. The molecule has 0 fully saturated rings. The van der Waals surface area contributed by atoms with Gasteiger partial charge in [-0.2, -0.15) is 0 Å². The van der Waals surface area contributed by atoms with Crippen LogP contribution in [0.4, 0.5) is 5.69 Å². The Kier molecular flexibility index (Phi) is 4.23. The summed E-state index contributed by atoms with van der Waals surface area (Å²) in [5, 5.41) is 5.65. The highest BCUT2D eigenvalue weighted by atomic mass is 16.5. The van der Waals surface area contributed by atoms with Gasteiger partial charge in [-0.15, -0.1) is 0 Å². The van der Waals surface area contributed by atoms with Crippen molar-refractivity contribution in [2.75, 3.05) is 12.4 Å². The number of carbonyl (C=O) groups excluding carboxylic acids is 2. The summed E-state index contributed by atoms with van der Waals surface area (Å²) in [6.45, 7) is 0.302. The number of aromatic nitrogens is 1. The van der Waals surface area contributed by atoms with E-state index in [0.29, 0.717) is 18.1 Å². The number of hydrogen-bond acceptors (Lipinski definition) is 4. The van der Waals surface area contributed by atoms with Crippen LogP contribution in [0, 0.1) is 0 Å². The molecule has 2 aromatic rings. The van der Waals surface area contributed by atoms with E-state index in [-0.39, 0.29) is 18.2 Å². The molecule has 0 radical (unpaired) electrons. The Bertz CT molecular complexity index is 745. The lowest BCUT2D eigenvalue weighted by Crippen LogP contribution is -2.34. The number of hydrogen-bond donors (Lipinski definition) is 2. The number of methoxy groups -OCH3 is 1. The van der Waals surface area contributed by atoms with E-state index in [0.717, 1.165) is 11.1 Å². The van der Waals surface area contributed by atoms with Crippen LogP contribution in [-0.4, -0.2) is 23.9 Å². The van der Waals surface area contributed by atoms with Crippen molar-refractivity contribution in [3.63, 3.8) is 0 Å². The van der Waals surface area contributed by atoms with Gasteiger partial charge in [0.2, 0.25) is 17.7 Å². The minimum atomic E-state index is -0.484. The van der Waals surface area contributed by atoms with Gasteiger partial charge in [-0.3, -0.25) is 9.59 Å². The number of para-hydroxylation sites is 1. The van der Waals surface area contributed by atoms with Gasteiger partial charge in [0.05, 0.1) is 13.0 Å². The first kappa shape index (κ1) is 15.0. The third kappa shape index (κ3) is 3.15. The minimum Gasteiger partial charge on any atom is -0.481 e. The zero-order valence-corrected chi connectivity index (χ0v) is 12.7. The van der Waals surface area contributed by atoms with Gasteiger partial charge >= 0.3 is 0 Å². The van der Waals surface area contributed by atoms with E-state index in [1.165, 1.54) is 7.11 Å². The molecule has 1 aromatic heterocycles. The lowest BCUT2D eigenvalue weighted by molar-refractivity contribution is -0.126. The quantitative estimate of drug-likeness (QED) is 0.903. The van der Waals surface area contributed by atoms with Crippen LogP contribution >= 0.6 is 0 Å². The molecule has 1 unspecified atom stereocenters. The van der Waals surface area contributed by atoms with Crippen LogP contribution in [0.3, 0.4) is 0 Å². The van der Waals surface area contributed by atoms with Gasteiger partial charge in [0.1, 0.15) is 0 Å². The van der Waals surface area contributed by atoms with Gasteiger partial charge in [0.25, 0.3) is 0 Å². The fourth-order valence-corrected chi connectivity index (χ4v) is 2.69. The second-order valence-electron chi connectivity index (χ2n) is 5.28. The summed E-state index contributed by atoms with van der Waals surface area (Å²) in [5.41, 5.74) is 2.32. The molecule has 118 valence electrons. The van der Waals surface area contributed by atoms with E-state index in [1.54, 1.807) is 18.3 Å². The van der Waals surface area contributed by atoms with Gasteiger partial charge in [-0.1, -0.05) is 24.3 Å². The number of anilines is 1. The summed E-state index contributed by atoms with van der Waals surface area (Å²) in [6, 6.07) is 11.0. The van der Waals surface area contributed by atoms with E-state index in [1.807, 2.05) is 24.3 Å². The predicted molar refractivity (Wildman–Crippen MR) is 85.1 cm³/mol. The van der Waals surface area contributed by atoms with E-state index in [9.17, 15) is 9.59 Å². The summed E-state index contributed by atoms with van der Waals surface area (Å²) in [5.74, 6) is -0.335. The number of rotatable bonds is 4. The Balaban J connectivity index is 1.75. The standard InChI is InChI=1S/C17H17N3O3/c1-23-17-11(5-4-8-18-17)10-19-16(22)13-9-15(21)20-14-7-3-2-6-12(13)14/h2-8,13H,9-10H2,1H3,(H,19,22)(H,20,21). The average Bonchev–Trinajstić information content (AvgIpc) is 2.59. The highest BCUT2D eigenvalue weighted by Gasteiger charge is 2.30. The molecule has 6 heteroatoms. The molecule has 0 bridgehead atoms. The van der Waals surface area contributed by atoms with Crippen molar-refractivity contribution in [2.45, 2.75) is 18.9 Å². The fourth-order valence-electron chi connectivity index (χ4n) is 2.69. The fraction of sp³-hybridized carbons (Fsp3) is 0.235. The second-order valence-corrected chi connectivity index (χ2v) is 5.28. The molecule has 0 aliphatic carbocycles. The van der Waals surface area contributed by atoms with Crippen molar-refractivity contribution >= 4 is 17.5 Å². The zero-order chi connectivity index (χ0) is 16.2. The van der Waals surface area contributed by atoms with E-state index >= 15 is 0 Å². The molecule has 23 heavy (non-hydrogen) atoms. The van der Waals surface area contributed by atoms with Crippen molar-refractivity contribution in [1.82, 2.24) is 10.3 Å². The van der Waals surface area contributed by atoms with Crippen LogP contribution in [0.15, 0.2) is 42.6 Å². The Hall–Kier alpha value is -2.89. The second kappa shape index (κ2) is 6.48. The molecule has 2 amide bonds. The van der Waals surface area contributed by atoms with Crippen molar-refractivity contribution in [3.8, 4) is 5.88 Å². The average molecular weight is 311 g/mol. The number of benzene rings is 1. The molecular weight excluding hydrogens is 294 g/mol. The zero-order valence-electron chi connectivity index (χ0n) is 12.7. The highest BCUT2D eigenvalue weighted by Crippen LogP contribution is 2.32. The van der Waals surface area contributed by atoms with Gasteiger partial charge in [-0.05, 0) is 17.7 Å². The molecule has 0 saturated heterocycles. The molecule has 1 aliphatic heterocycles. The number of ether oxygens (including phenoxy) is 1. The summed E-state index contributed by atoms with van der Waals surface area (Å²) in [6.07, 6.45) is 1.78. The molecule has 2 N–H and O–H groups in total. The Morgan fingerprint density at radius 3 is 3.00 bits per heavy atom. The summed E-state index contributed by atoms with van der Waals surface area (Å²) >= 11 is 0. The van der Waals surface area contributed by atoms with Crippen molar-refractivity contribution in [1.29, 1.82) is 0 Å². The lowest BCUT2D eigenvalue weighted by Gasteiger charge is -2.24.